The van der Waals surface area contributed by atoms with Gasteiger partial charge in [0, 0.05) is 71.0 Å². The minimum atomic E-state index is -1.94. The molecule has 0 aliphatic carbocycles. The van der Waals surface area contributed by atoms with E-state index in [9.17, 15) is 34.4 Å². The van der Waals surface area contributed by atoms with E-state index in [0.717, 1.165) is 40.3 Å². The lowest BCUT2D eigenvalue weighted by atomic mass is 9.86. The lowest BCUT2D eigenvalue weighted by Gasteiger charge is -2.41. The molecular formula is C59H54ClF3N10O8S. The molecule has 7 aromatic rings. The maximum atomic E-state index is 17.5. The Bertz CT molecular complexity index is 4030. The summed E-state index contributed by atoms with van der Waals surface area (Å²) in [7, 11) is 0. The summed E-state index contributed by atoms with van der Waals surface area (Å²) < 4.78 is 72.8. The molecule has 422 valence electrons. The number of nitrogens with two attached hydrogens (primary N) is 1. The van der Waals surface area contributed by atoms with Crippen molar-refractivity contribution in [2.24, 2.45) is 0 Å². The molecule has 3 aromatic carbocycles. The first-order valence-corrected chi connectivity index (χ1v) is 28.3. The highest BCUT2D eigenvalue weighted by Crippen LogP contribution is 2.47. The fourth-order valence-electron chi connectivity index (χ4n) is 12.8. The van der Waals surface area contributed by atoms with E-state index in [2.05, 4.69) is 22.5 Å². The van der Waals surface area contributed by atoms with Crippen molar-refractivity contribution in [3.8, 4) is 46.4 Å². The molecule has 12 rings (SSSR count). The number of esters is 1. The van der Waals surface area contributed by atoms with Gasteiger partial charge in [0.05, 0.1) is 81.6 Å². The number of fused-ring (bicyclic) bond motifs is 8. The van der Waals surface area contributed by atoms with Gasteiger partial charge in [-0.05, 0) is 79.8 Å². The molecule has 18 nitrogen and oxygen atoms in total. The van der Waals surface area contributed by atoms with Gasteiger partial charge < -0.3 is 44.2 Å². The molecule has 0 spiro atoms. The van der Waals surface area contributed by atoms with E-state index < -0.39 is 46.9 Å². The maximum absolute atomic E-state index is 17.5. The Morgan fingerprint density at radius 2 is 1.87 bits per heavy atom. The quantitative estimate of drug-likeness (QED) is 0.0557. The minimum Gasteiger partial charge on any atom is -0.491 e. The van der Waals surface area contributed by atoms with E-state index in [4.69, 9.17) is 46.3 Å². The molecule has 0 bridgehead atoms. The molecule has 0 saturated carbocycles. The third kappa shape index (κ3) is 8.94. The molecule has 82 heavy (non-hydrogen) atoms. The number of alkyl halides is 1. The van der Waals surface area contributed by atoms with Crippen LogP contribution in [0.5, 0.6) is 11.8 Å². The molecule has 4 atom stereocenters. The zero-order valence-electron chi connectivity index (χ0n) is 44.8. The Balaban J connectivity index is 0.745. The predicted octanol–water partition coefficient (Wildman–Crippen LogP) is 8.39. The number of amides is 1. The zero-order valence-corrected chi connectivity index (χ0v) is 46.3. The van der Waals surface area contributed by atoms with Gasteiger partial charge in [-0.3, -0.25) is 14.5 Å². The largest absolute Gasteiger partial charge is 0.491 e. The number of carbonyl (C=O) groups is 2. The monoisotopic (exact) mass is 1150 g/mol. The van der Waals surface area contributed by atoms with Crippen LogP contribution in [0, 0.1) is 34.3 Å². The number of hydrogen-bond acceptors (Lipinski definition) is 17. The molecule has 5 aliphatic heterocycles. The molecule has 4 aromatic heterocycles. The van der Waals surface area contributed by atoms with Crippen LogP contribution in [0.3, 0.4) is 0 Å². The predicted molar refractivity (Wildman–Crippen MR) is 300 cm³/mol. The number of benzene rings is 3. The number of aliphatic hydroxyl groups is 1. The number of nitrogen functional groups attached to an aromatic ring is 1. The van der Waals surface area contributed by atoms with Gasteiger partial charge in [0.1, 0.15) is 60.0 Å². The van der Waals surface area contributed by atoms with Crippen LogP contribution in [-0.4, -0.2) is 123 Å². The van der Waals surface area contributed by atoms with E-state index >= 15 is 8.78 Å². The summed E-state index contributed by atoms with van der Waals surface area (Å²) >= 11 is 7.85. The van der Waals surface area contributed by atoms with Gasteiger partial charge in [0.15, 0.2) is 11.4 Å². The van der Waals surface area contributed by atoms with Gasteiger partial charge >= 0.3 is 12.0 Å². The molecular weight excluding hydrogens is 1100 g/mol. The fourth-order valence-corrected chi connectivity index (χ4v) is 14.0. The molecule has 4 unspecified atom stereocenters. The van der Waals surface area contributed by atoms with Crippen LogP contribution >= 0.6 is 22.9 Å². The highest BCUT2D eigenvalue weighted by Gasteiger charge is 2.50. The number of anilines is 2. The summed E-state index contributed by atoms with van der Waals surface area (Å²) in [6.07, 6.45) is 1.34. The number of nitriles is 2. The Hall–Kier alpha value is -7.86. The van der Waals surface area contributed by atoms with Gasteiger partial charge in [-0.1, -0.05) is 38.1 Å². The first kappa shape index (κ1) is 54.7. The second-order valence-electron chi connectivity index (χ2n) is 21.4. The topological polar surface area (TPSA) is 235 Å². The second kappa shape index (κ2) is 21.2. The van der Waals surface area contributed by atoms with Crippen molar-refractivity contribution in [2.45, 2.75) is 88.9 Å². The number of carbonyl (C=O) groups excluding carboxylic acids is 2. The second-order valence-corrected chi connectivity index (χ2v) is 22.9. The number of aromatic nitrogens is 4. The van der Waals surface area contributed by atoms with E-state index in [-0.39, 0.29) is 167 Å². The Morgan fingerprint density at radius 3 is 2.65 bits per heavy atom. The molecule has 9 heterocycles. The number of halogens is 4. The van der Waals surface area contributed by atoms with Crippen LogP contribution in [0.2, 0.25) is 5.02 Å². The number of pyridine rings is 2. The Morgan fingerprint density at radius 1 is 1.04 bits per heavy atom. The van der Waals surface area contributed by atoms with Crippen LogP contribution in [0.25, 0.3) is 54.4 Å². The van der Waals surface area contributed by atoms with Crippen molar-refractivity contribution in [1.29, 1.82) is 10.5 Å². The lowest BCUT2D eigenvalue weighted by Crippen LogP contribution is -2.56. The molecule has 0 radical (unpaired) electrons. The summed E-state index contributed by atoms with van der Waals surface area (Å²) in [6, 6.07) is 14.5. The first-order chi connectivity index (χ1) is 39.5. The third-order valence-electron chi connectivity index (χ3n) is 16.8. The minimum absolute atomic E-state index is 0.0226. The van der Waals surface area contributed by atoms with Crippen molar-refractivity contribution in [3.63, 3.8) is 0 Å². The Labute approximate surface area is 476 Å². The summed E-state index contributed by atoms with van der Waals surface area (Å²) in [5.74, 6) is -2.00. The summed E-state index contributed by atoms with van der Waals surface area (Å²) in [6.45, 7) is 9.20. The van der Waals surface area contributed by atoms with Gasteiger partial charge in [0.2, 0.25) is 0 Å². The summed E-state index contributed by atoms with van der Waals surface area (Å²) in [4.78, 5) is 60.4. The maximum Gasteiger partial charge on any atom is 0.343 e. The summed E-state index contributed by atoms with van der Waals surface area (Å²) in [5, 5.41) is 32.5. The lowest BCUT2D eigenvalue weighted by molar-refractivity contribution is -0.172. The normalized spacial score (nSPS) is 21.1. The number of nitrogens with zero attached hydrogens (tertiary/aromatic N) is 9. The van der Waals surface area contributed by atoms with Gasteiger partial charge in [-0.2, -0.15) is 20.5 Å². The molecule has 3 saturated heterocycles. The number of piperazine rings is 1. The van der Waals surface area contributed by atoms with Crippen LogP contribution in [0.15, 0.2) is 59.4 Å². The van der Waals surface area contributed by atoms with Crippen LogP contribution in [0.1, 0.15) is 73.8 Å². The first-order valence-electron chi connectivity index (χ1n) is 27.1. The molecule has 3 fully saturated rings. The smallest absolute Gasteiger partial charge is 0.343 e. The van der Waals surface area contributed by atoms with Gasteiger partial charge in [0.25, 0.3) is 11.5 Å². The van der Waals surface area contributed by atoms with Crippen molar-refractivity contribution in [3.05, 3.63) is 109 Å². The number of cyclic esters (lactones) is 1. The van der Waals surface area contributed by atoms with Crippen LogP contribution < -0.4 is 25.7 Å². The van der Waals surface area contributed by atoms with Crippen LogP contribution in [0.4, 0.5) is 24.0 Å². The van der Waals surface area contributed by atoms with Crippen LogP contribution in [-0.2, 0) is 44.2 Å². The van der Waals surface area contributed by atoms with Crippen molar-refractivity contribution in [2.75, 3.05) is 69.8 Å². The van der Waals surface area contributed by atoms with Gasteiger partial charge in [-0.25, -0.2) is 22.9 Å². The summed E-state index contributed by atoms with van der Waals surface area (Å²) in [5.41, 5.74) is 7.31. The van der Waals surface area contributed by atoms with Crippen molar-refractivity contribution >= 4 is 77.5 Å². The van der Waals surface area contributed by atoms with Crippen molar-refractivity contribution in [1.82, 2.24) is 29.3 Å². The average Bonchev–Trinajstić information content (AvgIpc) is 2.97. The molecule has 1 amide bonds. The number of ether oxygens (including phenoxy) is 4. The zero-order chi connectivity index (χ0) is 57.5. The van der Waals surface area contributed by atoms with Crippen molar-refractivity contribution < 1.29 is 46.8 Å². The molecule has 23 heteroatoms. The number of aryl methyl sites for hydroxylation is 1. The molecule has 3 N–H and O–H groups in total. The van der Waals surface area contributed by atoms with E-state index in [0.29, 0.717) is 42.0 Å². The van der Waals surface area contributed by atoms with E-state index in [1.165, 1.54) is 12.1 Å². The number of rotatable bonds is 15. The van der Waals surface area contributed by atoms with E-state index in [1.54, 1.807) is 28.5 Å². The third-order valence-corrected chi connectivity index (χ3v) is 18.2. The fraction of sp³-hybridized carbons (Fsp3) is 0.390. The standard InChI is InChI=1S/C59H54ClF3N10O8S/c1-4-34-36-19-33(7-10-44(36)67-49-39(34)26-73-45(49)21-41-40(55(73)75)28-80-56(76)59(41,77)5-2)79-18-17-78-27-30(3)54(74)72-16-15-70(25-32(72)11-13-64)53-37-20-42(60)47(35-8-9-43(62)51-46(35)38(23-65)52(66)82-51)48(63)50(37)68-57(69-53)81-29-58-12-6-14-71(58)24-31(61)22-58/h7-10,19-21,31-32,77H,3-6,11-12,14-18,22,24-29,66H2,1-2H3. The number of thiophene rings is 1. The highest BCUT2D eigenvalue weighted by molar-refractivity contribution is 7.23. The SMILES string of the molecule is C=C(COCCOc1ccc2nc3c(c(CC)c2c1)Cn1c-3cc2c(c1=O)COC(=O)C2(O)CC)C(=O)N1CCN(c2nc(OCC34CCCN3CC(F)C4)nc3c(F)c(-c4ccc(F)c5sc(N)c(C#N)c45)c(Cl)cc23)CC1CC#N. The average molecular weight is 1160 g/mol. The Kier molecular flexibility index (Phi) is 14.1. The van der Waals surface area contributed by atoms with E-state index in [1.807, 2.05) is 30.0 Å². The highest BCUT2D eigenvalue weighted by atomic mass is 35.5. The number of hydrogen-bond donors (Lipinski definition) is 2. The van der Waals surface area contributed by atoms with Gasteiger partial charge in [-0.15, -0.1) is 11.3 Å². The molecule has 5 aliphatic rings.